The number of benzene rings is 1. The predicted molar refractivity (Wildman–Crippen MR) is 64.9 cm³/mol. The van der Waals surface area contributed by atoms with Crippen molar-refractivity contribution in [1.29, 1.82) is 0 Å². The quantitative estimate of drug-likeness (QED) is 0.867. The zero-order valence-corrected chi connectivity index (χ0v) is 9.43. The van der Waals surface area contributed by atoms with Gasteiger partial charge >= 0.3 is 0 Å². The van der Waals surface area contributed by atoms with E-state index in [1.165, 1.54) is 0 Å². The third-order valence-electron chi connectivity index (χ3n) is 2.87. The van der Waals surface area contributed by atoms with Crippen molar-refractivity contribution >= 4 is 10.9 Å². The maximum atomic E-state index is 5.76. The van der Waals surface area contributed by atoms with Crippen molar-refractivity contribution in [2.45, 2.75) is 12.6 Å². The van der Waals surface area contributed by atoms with Gasteiger partial charge in [-0.15, -0.1) is 0 Å². The van der Waals surface area contributed by atoms with Gasteiger partial charge in [0.15, 0.2) is 0 Å². The minimum Gasteiger partial charge on any atom is -0.469 e. The van der Waals surface area contributed by atoms with E-state index in [0.29, 0.717) is 25.6 Å². The first-order valence-electron chi connectivity index (χ1n) is 5.70. The maximum Gasteiger partial charge on any atom is 0.218 e. The van der Waals surface area contributed by atoms with Crippen LogP contribution in [-0.2, 0) is 11.3 Å². The molecule has 1 saturated heterocycles. The average Bonchev–Trinajstić information content (AvgIpc) is 2.32. The molecule has 0 spiro atoms. The van der Waals surface area contributed by atoms with Crippen LogP contribution in [0, 0.1) is 0 Å². The summed E-state index contributed by atoms with van der Waals surface area (Å²) in [6, 6.07) is 9.99. The molecular weight excluding hydrogens is 216 g/mol. The van der Waals surface area contributed by atoms with Crippen molar-refractivity contribution in [3.05, 3.63) is 35.9 Å². The van der Waals surface area contributed by atoms with Gasteiger partial charge in [-0.05, 0) is 12.1 Å². The smallest absolute Gasteiger partial charge is 0.218 e. The molecule has 1 aliphatic rings. The lowest BCUT2D eigenvalue weighted by atomic mass is 10.1. The second-order valence-electron chi connectivity index (χ2n) is 4.13. The van der Waals surface area contributed by atoms with Crippen molar-refractivity contribution in [3.8, 4) is 5.88 Å². The van der Waals surface area contributed by atoms with Crippen molar-refractivity contribution in [2.75, 3.05) is 13.2 Å². The molecule has 1 aromatic heterocycles. The van der Waals surface area contributed by atoms with Crippen LogP contribution in [0.25, 0.3) is 10.9 Å². The topological polar surface area (TPSA) is 57.4 Å². The highest BCUT2D eigenvalue weighted by molar-refractivity contribution is 5.80. The van der Waals surface area contributed by atoms with Crippen molar-refractivity contribution in [3.63, 3.8) is 0 Å². The molecule has 2 N–H and O–H groups in total. The molecule has 1 aromatic carbocycles. The summed E-state index contributed by atoms with van der Waals surface area (Å²) in [6.07, 6.45) is 0.119. The molecule has 4 nitrogen and oxygen atoms in total. The van der Waals surface area contributed by atoms with Gasteiger partial charge in [0.05, 0.1) is 18.7 Å². The Morgan fingerprint density at radius 1 is 1.35 bits per heavy atom. The van der Waals surface area contributed by atoms with E-state index in [1.807, 2.05) is 30.3 Å². The van der Waals surface area contributed by atoms with E-state index < -0.39 is 0 Å². The minimum absolute atomic E-state index is 0.119. The molecule has 17 heavy (non-hydrogen) atoms. The Morgan fingerprint density at radius 2 is 2.18 bits per heavy atom. The van der Waals surface area contributed by atoms with Crippen molar-refractivity contribution in [2.24, 2.45) is 5.73 Å². The van der Waals surface area contributed by atoms with Crippen LogP contribution in [-0.4, -0.2) is 24.3 Å². The summed E-state index contributed by atoms with van der Waals surface area (Å²) in [5, 5.41) is 1.09. The van der Waals surface area contributed by atoms with Gasteiger partial charge in [-0.25, -0.2) is 4.98 Å². The SMILES string of the molecule is NCc1cc2ccccc2nc1OC1COC1. The standard InChI is InChI=1S/C13H14N2O2/c14-6-10-5-9-3-1-2-4-12(9)15-13(10)17-11-7-16-8-11/h1-5,11H,6-8,14H2. The molecule has 88 valence electrons. The van der Waals surface area contributed by atoms with Crippen molar-refractivity contribution in [1.82, 2.24) is 4.98 Å². The van der Waals surface area contributed by atoms with Crippen LogP contribution in [0.4, 0.5) is 0 Å². The number of aromatic nitrogens is 1. The van der Waals surface area contributed by atoms with Gasteiger partial charge in [-0.3, -0.25) is 0 Å². The monoisotopic (exact) mass is 230 g/mol. The van der Waals surface area contributed by atoms with E-state index in [2.05, 4.69) is 4.98 Å². The molecule has 2 aromatic rings. The van der Waals surface area contributed by atoms with E-state index in [0.717, 1.165) is 16.5 Å². The molecule has 0 amide bonds. The highest BCUT2D eigenvalue weighted by atomic mass is 16.6. The first-order valence-corrected chi connectivity index (χ1v) is 5.70. The summed E-state index contributed by atoms with van der Waals surface area (Å²) in [7, 11) is 0. The normalized spacial score (nSPS) is 15.8. The number of hydrogen-bond acceptors (Lipinski definition) is 4. The molecule has 0 unspecified atom stereocenters. The fraction of sp³-hybridized carbons (Fsp3) is 0.308. The lowest BCUT2D eigenvalue weighted by Gasteiger charge is -2.27. The van der Waals surface area contributed by atoms with Crippen LogP contribution in [0.15, 0.2) is 30.3 Å². The van der Waals surface area contributed by atoms with Gasteiger partial charge < -0.3 is 15.2 Å². The third kappa shape index (κ3) is 1.97. The molecule has 1 fully saturated rings. The Hall–Kier alpha value is -1.65. The van der Waals surface area contributed by atoms with E-state index >= 15 is 0 Å². The van der Waals surface area contributed by atoms with Gasteiger partial charge in [0.2, 0.25) is 5.88 Å². The molecule has 4 heteroatoms. The Labute approximate surface area is 99.4 Å². The van der Waals surface area contributed by atoms with Crippen LogP contribution in [0.3, 0.4) is 0 Å². The zero-order valence-electron chi connectivity index (χ0n) is 9.43. The predicted octanol–water partition coefficient (Wildman–Crippen LogP) is 1.47. The zero-order chi connectivity index (χ0) is 11.7. The van der Waals surface area contributed by atoms with Crippen LogP contribution < -0.4 is 10.5 Å². The summed E-state index contributed by atoms with van der Waals surface area (Å²) in [6.45, 7) is 1.71. The van der Waals surface area contributed by atoms with Gasteiger partial charge in [-0.2, -0.15) is 0 Å². The fourth-order valence-electron chi connectivity index (χ4n) is 1.83. The third-order valence-corrected chi connectivity index (χ3v) is 2.87. The van der Waals surface area contributed by atoms with Crippen LogP contribution in [0.1, 0.15) is 5.56 Å². The largest absolute Gasteiger partial charge is 0.469 e. The number of para-hydroxylation sites is 1. The van der Waals surface area contributed by atoms with E-state index in [4.69, 9.17) is 15.2 Å². The Morgan fingerprint density at radius 3 is 2.88 bits per heavy atom. The molecule has 0 radical (unpaired) electrons. The first kappa shape index (κ1) is 10.5. The number of nitrogens with two attached hydrogens (primary N) is 1. The molecule has 0 aliphatic carbocycles. The lowest BCUT2D eigenvalue weighted by molar-refractivity contribution is -0.0815. The molecular formula is C13H14N2O2. The number of pyridine rings is 1. The second-order valence-corrected chi connectivity index (χ2v) is 4.13. The summed E-state index contributed by atoms with van der Waals surface area (Å²) >= 11 is 0. The van der Waals surface area contributed by atoms with E-state index in [9.17, 15) is 0 Å². The molecule has 1 aliphatic heterocycles. The van der Waals surface area contributed by atoms with Crippen LogP contribution >= 0.6 is 0 Å². The minimum atomic E-state index is 0.119. The summed E-state index contributed by atoms with van der Waals surface area (Å²) in [5.74, 6) is 0.638. The fourth-order valence-corrected chi connectivity index (χ4v) is 1.83. The van der Waals surface area contributed by atoms with Gasteiger partial charge in [-0.1, -0.05) is 18.2 Å². The Kier molecular flexibility index (Phi) is 2.66. The molecule has 0 atom stereocenters. The first-order chi connectivity index (χ1) is 8.36. The van der Waals surface area contributed by atoms with Gasteiger partial charge in [0.25, 0.3) is 0 Å². The highest BCUT2D eigenvalue weighted by Crippen LogP contribution is 2.23. The van der Waals surface area contributed by atoms with Crippen molar-refractivity contribution < 1.29 is 9.47 Å². The Balaban J connectivity index is 2.01. The van der Waals surface area contributed by atoms with E-state index in [1.54, 1.807) is 0 Å². The number of hydrogen-bond donors (Lipinski definition) is 1. The summed E-state index contributed by atoms with van der Waals surface area (Å²) in [4.78, 5) is 4.51. The number of nitrogens with zero attached hydrogens (tertiary/aromatic N) is 1. The van der Waals surface area contributed by atoms with E-state index in [-0.39, 0.29) is 6.10 Å². The number of fused-ring (bicyclic) bond motifs is 1. The molecule has 3 rings (SSSR count). The molecule has 2 heterocycles. The maximum absolute atomic E-state index is 5.76. The lowest BCUT2D eigenvalue weighted by Crippen LogP contribution is -2.39. The summed E-state index contributed by atoms with van der Waals surface area (Å²) < 4.78 is 10.8. The highest BCUT2D eigenvalue weighted by Gasteiger charge is 2.22. The number of ether oxygens (including phenoxy) is 2. The molecule has 0 bridgehead atoms. The van der Waals surface area contributed by atoms with Gasteiger partial charge in [0, 0.05) is 17.5 Å². The van der Waals surface area contributed by atoms with Crippen LogP contribution in [0.2, 0.25) is 0 Å². The number of rotatable bonds is 3. The average molecular weight is 230 g/mol. The van der Waals surface area contributed by atoms with Gasteiger partial charge in [0.1, 0.15) is 6.10 Å². The summed E-state index contributed by atoms with van der Waals surface area (Å²) in [5.41, 5.74) is 7.60. The second kappa shape index (κ2) is 4.31. The Bertz CT molecular complexity index is 538. The van der Waals surface area contributed by atoms with Crippen LogP contribution in [0.5, 0.6) is 5.88 Å². The molecule has 0 saturated carbocycles.